The van der Waals surface area contributed by atoms with Crippen LogP contribution in [0.5, 0.6) is 0 Å². The van der Waals surface area contributed by atoms with E-state index in [4.69, 9.17) is 0 Å². The van der Waals surface area contributed by atoms with Crippen molar-refractivity contribution in [1.29, 1.82) is 0 Å². The quantitative estimate of drug-likeness (QED) is 0.460. The first-order valence-corrected chi connectivity index (χ1v) is 7.57. The van der Waals surface area contributed by atoms with Crippen LogP contribution >= 0.6 is 15.9 Å². The minimum atomic E-state index is 1.13. The minimum absolute atomic E-state index is 1.13. The third-order valence-corrected chi connectivity index (χ3v) is 3.42. The molecular formula is C13H23BrN2. The van der Waals surface area contributed by atoms with Crippen LogP contribution < -0.4 is 0 Å². The smallest absolute Gasteiger partial charge is 0.0945 e. The van der Waals surface area contributed by atoms with Gasteiger partial charge < -0.3 is 4.57 Å². The Kier molecular flexibility index (Phi) is 8.50. The molecule has 0 saturated heterocycles. The van der Waals surface area contributed by atoms with Crippen LogP contribution in [0.3, 0.4) is 0 Å². The summed E-state index contributed by atoms with van der Waals surface area (Å²) in [7, 11) is 0. The summed E-state index contributed by atoms with van der Waals surface area (Å²) in [6.07, 6.45) is 16.8. The lowest BCUT2D eigenvalue weighted by Gasteiger charge is -2.02. The maximum Gasteiger partial charge on any atom is 0.0945 e. The van der Waals surface area contributed by atoms with Crippen molar-refractivity contribution < 1.29 is 0 Å². The second-order valence-corrected chi connectivity index (χ2v) is 5.11. The average molecular weight is 287 g/mol. The molecule has 0 atom stereocenters. The van der Waals surface area contributed by atoms with Crippen molar-refractivity contribution >= 4 is 15.9 Å². The Bertz CT molecular complexity index is 234. The lowest BCUT2D eigenvalue weighted by atomic mass is 10.1. The highest BCUT2D eigenvalue weighted by Crippen LogP contribution is 2.09. The third-order valence-electron chi connectivity index (χ3n) is 2.86. The van der Waals surface area contributed by atoms with Gasteiger partial charge in [0.15, 0.2) is 0 Å². The van der Waals surface area contributed by atoms with Crippen molar-refractivity contribution in [1.82, 2.24) is 9.55 Å². The molecule has 1 rings (SSSR count). The third kappa shape index (κ3) is 7.04. The molecule has 0 aromatic carbocycles. The fourth-order valence-electron chi connectivity index (χ4n) is 1.87. The van der Waals surface area contributed by atoms with Gasteiger partial charge in [0.05, 0.1) is 6.33 Å². The molecule has 16 heavy (non-hydrogen) atoms. The number of unbranched alkanes of at least 4 members (excludes halogenated alkanes) is 7. The monoisotopic (exact) mass is 286 g/mol. The SMILES string of the molecule is BrCCCCCCCCCCn1ccnc1. The highest BCUT2D eigenvalue weighted by molar-refractivity contribution is 9.09. The molecule has 0 bridgehead atoms. The molecule has 0 aliphatic carbocycles. The van der Waals surface area contributed by atoms with E-state index < -0.39 is 0 Å². The van der Waals surface area contributed by atoms with Gasteiger partial charge in [-0.1, -0.05) is 54.5 Å². The second-order valence-electron chi connectivity index (χ2n) is 4.32. The Labute approximate surface area is 108 Å². The molecule has 1 aromatic heterocycles. The molecule has 0 radical (unpaired) electrons. The first-order valence-electron chi connectivity index (χ1n) is 6.45. The van der Waals surface area contributed by atoms with Crippen LogP contribution in [0.1, 0.15) is 51.4 Å². The maximum absolute atomic E-state index is 4.04. The lowest BCUT2D eigenvalue weighted by molar-refractivity contribution is 0.544. The van der Waals surface area contributed by atoms with Crippen LogP contribution in [0, 0.1) is 0 Å². The largest absolute Gasteiger partial charge is 0.337 e. The van der Waals surface area contributed by atoms with Crippen LogP contribution in [0.2, 0.25) is 0 Å². The molecule has 0 amide bonds. The summed E-state index contributed by atoms with van der Waals surface area (Å²) in [5.74, 6) is 0. The summed E-state index contributed by atoms with van der Waals surface area (Å²) in [5.41, 5.74) is 0. The molecule has 0 fully saturated rings. The number of hydrogen-bond donors (Lipinski definition) is 0. The topological polar surface area (TPSA) is 17.8 Å². The number of nitrogens with zero attached hydrogens (tertiary/aromatic N) is 2. The van der Waals surface area contributed by atoms with Crippen molar-refractivity contribution in [3.05, 3.63) is 18.7 Å². The average Bonchev–Trinajstić information content (AvgIpc) is 2.80. The number of imidazole rings is 1. The van der Waals surface area contributed by atoms with E-state index in [1.54, 1.807) is 0 Å². The van der Waals surface area contributed by atoms with Gasteiger partial charge in [-0.2, -0.15) is 0 Å². The van der Waals surface area contributed by atoms with Crippen molar-refractivity contribution in [2.24, 2.45) is 0 Å². The molecule has 0 unspecified atom stereocenters. The number of rotatable bonds is 10. The summed E-state index contributed by atoms with van der Waals surface area (Å²) >= 11 is 3.46. The molecular weight excluding hydrogens is 264 g/mol. The lowest BCUT2D eigenvalue weighted by Crippen LogP contribution is -1.93. The van der Waals surface area contributed by atoms with E-state index in [1.165, 1.54) is 51.4 Å². The van der Waals surface area contributed by atoms with Gasteiger partial charge in [-0.3, -0.25) is 0 Å². The van der Waals surface area contributed by atoms with E-state index in [1.807, 2.05) is 18.7 Å². The maximum atomic E-state index is 4.04. The van der Waals surface area contributed by atoms with Crippen LogP contribution in [-0.4, -0.2) is 14.9 Å². The molecule has 3 heteroatoms. The molecule has 0 saturated carbocycles. The van der Waals surface area contributed by atoms with Gasteiger partial charge >= 0.3 is 0 Å². The predicted octanol–water partition coefficient (Wildman–Crippen LogP) is 4.40. The highest BCUT2D eigenvalue weighted by atomic mass is 79.9. The van der Waals surface area contributed by atoms with Crippen molar-refractivity contribution in [2.75, 3.05) is 5.33 Å². The number of aryl methyl sites for hydroxylation is 1. The fraction of sp³-hybridized carbons (Fsp3) is 0.769. The Morgan fingerprint density at radius 1 is 0.875 bits per heavy atom. The van der Waals surface area contributed by atoms with E-state index in [9.17, 15) is 0 Å². The van der Waals surface area contributed by atoms with Crippen molar-refractivity contribution in [3.8, 4) is 0 Å². The number of halogens is 1. The predicted molar refractivity (Wildman–Crippen MR) is 73.0 cm³/mol. The van der Waals surface area contributed by atoms with Gasteiger partial charge in [-0.25, -0.2) is 4.98 Å². The van der Waals surface area contributed by atoms with Crippen LogP contribution in [-0.2, 0) is 6.54 Å². The van der Waals surface area contributed by atoms with Crippen molar-refractivity contribution in [2.45, 2.75) is 57.9 Å². The normalized spacial score (nSPS) is 10.8. The molecule has 2 nitrogen and oxygen atoms in total. The van der Waals surface area contributed by atoms with E-state index in [0.29, 0.717) is 0 Å². The second kappa shape index (κ2) is 9.88. The van der Waals surface area contributed by atoms with Gasteiger partial charge in [0.25, 0.3) is 0 Å². The molecule has 0 aliphatic heterocycles. The van der Waals surface area contributed by atoms with Gasteiger partial charge in [0.1, 0.15) is 0 Å². The molecule has 0 aliphatic rings. The number of hydrogen-bond acceptors (Lipinski definition) is 1. The fourth-order valence-corrected chi connectivity index (χ4v) is 2.27. The Balaban J connectivity index is 1.78. The van der Waals surface area contributed by atoms with Crippen molar-refractivity contribution in [3.63, 3.8) is 0 Å². The highest BCUT2D eigenvalue weighted by Gasteiger charge is 1.93. The minimum Gasteiger partial charge on any atom is -0.337 e. The molecule has 1 heterocycles. The van der Waals surface area contributed by atoms with E-state index in [-0.39, 0.29) is 0 Å². The van der Waals surface area contributed by atoms with Crippen LogP contribution in [0.4, 0.5) is 0 Å². The standard InChI is InChI=1S/C13H23BrN2/c14-9-7-5-3-1-2-4-6-8-11-16-12-10-15-13-16/h10,12-13H,1-9,11H2. The van der Waals surface area contributed by atoms with Gasteiger partial charge in [-0.15, -0.1) is 0 Å². The van der Waals surface area contributed by atoms with Gasteiger partial charge in [0, 0.05) is 24.3 Å². The number of aromatic nitrogens is 2. The first kappa shape index (κ1) is 13.8. The zero-order valence-corrected chi connectivity index (χ0v) is 11.7. The zero-order valence-electron chi connectivity index (χ0n) is 10.1. The van der Waals surface area contributed by atoms with Crippen LogP contribution in [0.25, 0.3) is 0 Å². The summed E-state index contributed by atoms with van der Waals surface area (Å²) in [5, 5.41) is 1.16. The van der Waals surface area contributed by atoms with Crippen LogP contribution in [0.15, 0.2) is 18.7 Å². The Morgan fingerprint density at radius 3 is 2.06 bits per heavy atom. The molecule has 1 aromatic rings. The summed E-state index contributed by atoms with van der Waals surface area (Å²) in [4.78, 5) is 4.04. The van der Waals surface area contributed by atoms with E-state index >= 15 is 0 Å². The summed E-state index contributed by atoms with van der Waals surface area (Å²) < 4.78 is 2.16. The molecule has 92 valence electrons. The number of alkyl halides is 1. The van der Waals surface area contributed by atoms with E-state index in [2.05, 4.69) is 25.5 Å². The molecule has 0 N–H and O–H groups in total. The summed E-state index contributed by atoms with van der Waals surface area (Å²) in [6, 6.07) is 0. The zero-order chi connectivity index (χ0) is 11.5. The first-order chi connectivity index (χ1) is 7.93. The Hall–Kier alpha value is -0.310. The molecule has 0 spiro atoms. The van der Waals surface area contributed by atoms with Gasteiger partial charge in [-0.05, 0) is 12.8 Å². The summed E-state index contributed by atoms with van der Waals surface area (Å²) in [6.45, 7) is 1.13. The van der Waals surface area contributed by atoms with E-state index in [0.717, 1.165) is 11.9 Å². The Morgan fingerprint density at radius 2 is 1.50 bits per heavy atom. The van der Waals surface area contributed by atoms with Gasteiger partial charge in [0.2, 0.25) is 0 Å².